The molecule has 0 aromatic heterocycles. The second kappa shape index (κ2) is 8.45. The Bertz CT molecular complexity index is 380. The van der Waals surface area contributed by atoms with Gasteiger partial charge in [0.1, 0.15) is 12.4 Å². The van der Waals surface area contributed by atoms with Crippen molar-refractivity contribution in [1.29, 1.82) is 0 Å². The second-order valence-electron chi connectivity index (χ2n) is 5.19. The van der Waals surface area contributed by atoms with Crippen molar-refractivity contribution in [2.45, 2.75) is 26.0 Å². The maximum absolute atomic E-state index is 13.3. The van der Waals surface area contributed by atoms with Gasteiger partial charge in [0.05, 0.1) is 12.1 Å². The summed E-state index contributed by atoms with van der Waals surface area (Å²) >= 11 is 0. The van der Waals surface area contributed by atoms with Gasteiger partial charge in [0.15, 0.2) is 0 Å². The van der Waals surface area contributed by atoms with E-state index in [0.717, 1.165) is 37.5 Å². The van der Waals surface area contributed by atoms with Crippen molar-refractivity contribution in [3.63, 3.8) is 0 Å². The maximum Gasteiger partial charge on any atom is 0.119 e. The zero-order valence-corrected chi connectivity index (χ0v) is 13.0. The molecular formula is C15H24ClFN2O. The lowest BCUT2D eigenvalue weighted by molar-refractivity contribution is 0.147. The quantitative estimate of drug-likeness (QED) is 0.905. The van der Waals surface area contributed by atoms with Crippen LogP contribution in [0.2, 0.25) is 0 Å². The minimum Gasteiger partial charge on any atom is -0.491 e. The number of rotatable bonds is 5. The van der Waals surface area contributed by atoms with Gasteiger partial charge in [-0.2, -0.15) is 0 Å². The highest BCUT2D eigenvalue weighted by molar-refractivity contribution is 5.85. The van der Waals surface area contributed by atoms with Crippen molar-refractivity contribution < 1.29 is 9.13 Å². The van der Waals surface area contributed by atoms with Crippen LogP contribution in [0.5, 0.6) is 5.75 Å². The Balaban J connectivity index is 0.00000200. The lowest BCUT2D eigenvalue weighted by atomic mass is 10.1. The Morgan fingerprint density at radius 1 is 1.20 bits per heavy atom. The summed E-state index contributed by atoms with van der Waals surface area (Å²) in [5, 5.41) is 3.29. The lowest BCUT2D eigenvalue weighted by Crippen LogP contribution is -2.45. The van der Waals surface area contributed by atoms with Gasteiger partial charge in [-0.25, -0.2) is 4.39 Å². The Kier molecular flexibility index (Phi) is 7.27. The number of halogens is 2. The van der Waals surface area contributed by atoms with E-state index in [0.29, 0.717) is 0 Å². The summed E-state index contributed by atoms with van der Waals surface area (Å²) < 4.78 is 19.0. The standard InChI is InChI=1S/C15H23FN2O.ClH/c1-12(2)19-14-5-3-13(4-6-14)15(11-16)18-9-7-17-8-10-18;/h3-6,12,15,17H,7-11H2,1-2H3;1H/t15-;/m1./s1. The van der Waals surface area contributed by atoms with Crippen LogP contribution in [0, 0.1) is 0 Å². The van der Waals surface area contributed by atoms with E-state index in [2.05, 4.69) is 10.2 Å². The van der Waals surface area contributed by atoms with E-state index in [1.165, 1.54) is 0 Å². The highest BCUT2D eigenvalue weighted by atomic mass is 35.5. The number of nitrogens with zero attached hydrogens (tertiary/aromatic N) is 1. The Labute approximate surface area is 126 Å². The monoisotopic (exact) mass is 302 g/mol. The fourth-order valence-electron chi connectivity index (χ4n) is 2.43. The summed E-state index contributed by atoms with van der Waals surface area (Å²) in [6, 6.07) is 7.68. The van der Waals surface area contributed by atoms with Gasteiger partial charge in [0, 0.05) is 26.2 Å². The van der Waals surface area contributed by atoms with Gasteiger partial charge < -0.3 is 10.1 Å². The molecule has 1 fully saturated rings. The van der Waals surface area contributed by atoms with Crippen LogP contribution in [-0.4, -0.2) is 43.9 Å². The van der Waals surface area contributed by atoms with E-state index < -0.39 is 0 Å². The number of alkyl halides is 1. The normalized spacial score (nSPS) is 17.6. The van der Waals surface area contributed by atoms with Gasteiger partial charge in [-0.15, -0.1) is 12.4 Å². The van der Waals surface area contributed by atoms with E-state index in [1.54, 1.807) is 0 Å². The summed E-state index contributed by atoms with van der Waals surface area (Å²) in [6.07, 6.45) is 0.163. The van der Waals surface area contributed by atoms with E-state index in [9.17, 15) is 4.39 Å². The molecule has 2 rings (SSSR count). The van der Waals surface area contributed by atoms with E-state index >= 15 is 0 Å². The minimum atomic E-state index is -0.343. The van der Waals surface area contributed by atoms with Gasteiger partial charge in [0.25, 0.3) is 0 Å². The molecule has 0 bridgehead atoms. The zero-order valence-electron chi connectivity index (χ0n) is 12.1. The number of nitrogens with one attached hydrogen (secondary N) is 1. The van der Waals surface area contributed by atoms with Crippen LogP contribution in [0.1, 0.15) is 25.5 Å². The molecule has 0 saturated carbocycles. The third kappa shape index (κ3) is 4.62. The van der Waals surface area contributed by atoms with Crippen molar-refractivity contribution in [3.8, 4) is 5.75 Å². The molecule has 1 aliphatic rings. The molecule has 1 saturated heterocycles. The molecule has 0 radical (unpaired) electrons. The average Bonchev–Trinajstić information content (AvgIpc) is 2.42. The molecule has 5 heteroatoms. The number of benzene rings is 1. The Morgan fingerprint density at radius 2 is 1.80 bits per heavy atom. The van der Waals surface area contributed by atoms with Crippen molar-refractivity contribution in [3.05, 3.63) is 29.8 Å². The number of hydrogen-bond donors (Lipinski definition) is 1. The molecule has 20 heavy (non-hydrogen) atoms. The highest BCUT2D eigenvalue weighted by Crippen LogP contribution is 2.24. The van der Waals surface area contributed by atoms with Gasteiger partial charge in [0.2, 0.25) is 0 Å². The third-order valence-electron chi connectivity index (χ3n) is 3.38. The molecule has 0 amide bonds. The first-order chi connectivity index (χ1) is 9.20. The first-order valence-electron chi connectivity index (χ1n) is 6.98. The van der Waals surface area contributed by atoms with Crippen LogP contribution in [0.15, 0.2) is 24.3 Å². The van der Waals surface area contributed by atoms with Gasteiger partial charge in [-0.1, -0.05) is 12.1 Å². The summed E-state index contributed by atoms with van der Waals surface area (Å²) in [5.41, 5.74) is 1.03. The first kappa shape index (κ1) is 17.2. The van der Waals surface area contributed by atoms with Crippen LogP contribution in [-0.2, 0) is 0 Å². The Morgan fingerprint density at radius 3 is 2.30 bits per heavy atom. The maximum atomic E-state index is 13.3. The summed E-state index contributed by atoms with van der Waals surface area (Å²) in [5.74, 6) is 0.844. The highest BCUT2D eigenvalue weighted by Gasteiger charge is 2.21. The summed E-state index contributed by atoms with van der Waals surface area (Å²) in [6.45, 7) is 7.33. The SMILES string of the molecule is CC(C)Oc1ccc([C@@H](CF)N2CCNCC2)cc1.Cl. The predicted octanol–water partition coefficient (Wildman–Crippen LogP) is 2.81. The van der Waals surface area contributed by atoms with Crippen molar-refractivity contribution in [2.75, 3.05) is 32.9 Å². The first-order valence-corrected chi connectivity index (χ1v) is 6.98. The third-order valence-corrected chi connectivity index (χ3v) is 3.38. The smallest absolute Gasteiger partial charge is 0.119 e. The fraction of sp³-hybridized carbons (Fsp3) is 0.600. The lowest BCUT2D eigenvalue weighted by Gasteiger charge is -2.33. The van der Waals surface area contributed by atoms with Crippen molar-refractivity contribution in [1.82, 2.24) is 10.2 Å². The fourth-order valence-corrected chi connectivity index (χ4v) is 2.43. The molecule has 1 aromatic rings. The largest absolute Gasteiger partial charge is 0.491 e. The number of ether oxygens (including phenoxy) is 1. The van der Waals surface area contributed by atoms with Gasteiger partial charge in [-0.3, -0.25) is 4.90 Å². The average molecular weight is 303 g/mol. The van der Waals surface area contributed by atoms with Crippen LogP contribution < -0.4 is 10.1 Å². The van der Waals surface area contributed by atoms with Crippen LogP contribution in [0.3, 0.4) is 0 Å². The topological polar surface area (TPSA) is 24.5 Å². The predicted molar refractivity (Wildman–Crippen MR) is 82.6 cm³/mol. The molecule has 1 N–H and O–H groups in total. The molecular weight excluding hydrogens is 279 g/mol. The van der Waals surface area contributed by atoms with Crippen LogP contribution in [0.4, 0.5) is 4.39 Å². The van der Waals surface area contributed by atoms with Crippen LogP contribution in [0.25, 0.3) is 0 Å². The van der Waals surface area contributed by atoms with Crippen molar-refractivity contribution in [2.24, 2.45) is 0 Å². The number of piperazine rings is 1. The summed E-state index contributed by atoms with van der Waals surface area (Å²) in [7, 11) is 0. The van der Waals surface area contributed by atoms with E-state index in [-0.39, 0.29) is 31.2 Å². The van der Waals surface area contributed by atoms with Crippen molar-refractivity contribution >= 4 is 12.4 Å². The number of hydrogen-bond acceptors (Lipinski definition) is 3. The molecule has 0 aliphatic carbocycles. The van der Waals surface area contributed by atoms with Crippen LogP contribution >= 0.6 is 12.4 Å². The molecule has 0 unspecified atom stereocenters. The minimum absolute atomic E-state index is 0. The zero-order chi connectivity index (χ0) is 13.7. The molecule has 1 aliphatic heterocycles. The van der Waals surface area contributed by atoms with Gasteiger partial charge in [-0.05, 0) is 31.5 Å². The molecule has 3 nitrogen and oxygen atoms in total. The molecule has 1 atom stereocenters. The second-order valence-corrected chi connectivity index (χ2v) is 5.19. The molecule has 1 heterocycles. The van der Waals surface area contributed by atoms with E-state index in [4.69, 9.17) is 4.74 Å². The Hall–Kier alpha value is -0.840. The molecule has 1 aromatic carbocycles. The molecule has 114 valence electrons. The van der Waals surface area contributed by atoms with E-state index in [1.807, 2.05) is 38.1 Å². The summed E-state index contributed by atoms with van der Waals surface area (Å²) in [4.78, 5) is 2.20. The van der Waals surface area contributed by atoms with Gasteiger partial charge >= 0.3 is 0 Å². The molecule has 0 spiro atoms.